The van der Waals surface area contributed by atoms with Crippen LogP contribution in [0, 0.1) is 11.3 Å². The van der Waals surface area contributed by atoms with Gasteiger partial charge in [-0.3, -0.25) is 4.57 Å². The molecule has 2 heterocycles. The number of nitrogen functional groups attached to an aromatic ring is 1. The van der Waals surface area contributed by atoms with Gasteiger partial charge >= 0.3 is 0 Å². The molecule has 0 unspecified atom stereocenters. The number of imidazole rings is 1. The quantitative estimate of drug-likeness (QED) is 0.446. The van der Waals surface area contributed by atoms with Gasteiger partial charge in [0.2, 0.25) is 0 Å². The summed E-state index contributed by atoms with van der Waals surface area (Å²) >= 11 is 1.33. The molecule has 0 bridgehead atoms. The van der Waals surface area contributed by atoms with Crippen molar-refractivity contribution in [1.29, 1.82) is 0 Å². The van der Waals surface area contributed by atoms with Crippen LogP contribution in [0.2, 0.25) is 0 Å². The SMILES string of the molecule is CSc1nc(N)c2ncn([C@H](O)[C@H](O)[C@]3(CO)C[C@@H]3C)c2n1. The minimum absolute atomic E-state index is 0.151. The number of thioether (sulfide) groups is 1. The van der Waals surface area contributed by atoms with E-state index in [9.17, 15) is 15.3 Å². The van der Waals surface area contributed by atoms with E-state index in [1.807, 2.05) is 13.2 Å². The summed E-state index contributed by atoms with van der Waals surface area (Å²) in [4.78, 5) is 12.5. The van der Waals surface area contributed by atoms with Gasteiger partial charge in [0.05, 0.1) is 12.9 Å². The predicted octanol–water partition coefficient (Wildman–Crippen LogP) is 0.000700. The summed E-state index contributed by atoms with van der Waals surface area (Å²) in [5.41, 5.74) is 5.92. The van der Waals surface area contributed by atoms with Gasteiger partial charge in [-0.05, 0) is 18.6 Å². The van der Waals surface area contributed by atoms with Crippen molar-refractivity contribution in [3.63, 3.8) is 0 Å². The van der Waals surface area contributed by atoms with Crippen LogP contribution >= 0.6 is 11.8 Å². The van der Waals surface area contributed by atoms with E-state index in [4.69, 9.17) is 5.73 Å². The Labute approximate surface area is 131 Å². The fraction of sp³-hybridized carbons (Fsp3) is 0.615. The summed E-state index contributed by atoms with van der Waals surface area (Å²) in [7, 11) is 0. The second kappa shape index (κ2) is 5.34. The molecular formula is C13H19N5O3S. The maximum atomic E-state index is 10.5. The molecule has 2 aromatic rings. The molecule has 22 heavy (non-hydrogen) atoms. The molecule has 5 N–H and O–H groups in total. The standard InChI is InChI=1S/C13H19N5O3S/c1-6-3-13(6,4-19)8(20)11(21)18-5-15-7-9(14)16-12(22-2)17-10(7)18/h5-6,8,11,19-21H,3-4H2,1-2H3,(H2,14,16,17)/t6-,8-,11+,13-/m0/s1. The van der Waals surface area contributed by atoms with Crippen molar-refractivity contribution >= 4 is 28.7 Å². The number of hydrogen-bond acceptors (Lipinski definition) is 8. The third kappa shape index (κ3) is 2.16. The van der Waals surface area contributed by atoms with Gasteiger partial charge in [-0.25, -0.2) is 15.0 Å². The van der Waals surface area contributed by atoms with Gasteiger partial charge in [0.25, 0.3) is 0 Å². The Balaban J connectivity index is 2.01. The summed E-state index contributed by atoms with van der Waals surface area (Å²) in [5, 5.41) is 31.0. The van der Waals surface area contributed by atoms with Crippen LogP contribution in [0.3, 0.4) is 0 Å². The zero-order chi connectivity index (χ0) is 16.1. The number of rotatable bonds is 5. The van der Waals surface area contributed by atoms with Gasteiger partial charge in [-0.15, -0.1) is 0 Å². The Morgan fingerprint density at radius 3 is 2.73 bits per heavy atom. The second-order valence-corrected chi connectivity index (χ2v) is 6.55. The van der Waals surface area contributed by atoms with E-state index >= 15 is 0 Å². The van der Waals surface area contributed by atoms with Crippen molar-refractivity contribution in [3.05, 3.63) is 6.33 Å². The molecule has 0 radical (unpaired) electrons. The number of nitrogens with zero attached hydrogens (tertiary/aromatic N) is 4. The number of anilines is 1. The van der Waals surface area contributed by atoms with Gasteiger partial charge < -0.3 is 21.1 Å². The average Bonchev–Trinajstić information content (AvgIpc) is 2.99. The molecule has 2 aromatic heterocycles. The summed E-state index contributed by atoms with van der Waals surface area (Å²) in [5.74, 6) is 0.379. The Bertz CT molecular complexity index is 704. The smallest absolute Gasteiger partial charge is 0.191 e. The molecule has 1 aliphatic rings. The van der Waals surface area contributed by atoms with Crippen LogP contribution in [-0.2, 0) is 0 Å². The van der Waals surface area contributed by atoms with Gasteiger partial charge in [0.1, 0.15) is 11.6 Å². The number of hydrogen-bond donors (Lipinski definition) is 4. The average molecular weight is 325 g/mol. The Morgan fingerprint density at radius 1 is 1.50 bits per heavy atom. The Morgan fingerprint density at radius 2 is 2.18 bits per heavy atom. The highest BCUT2D eigenvalue weighted by atomic mass is 32.2. The van der Waals surface area contributed by atoms with Crippen molar-refractivity contribution in [3.8, 4) is 0 Å². The third-order valence-corrected chi connectivity index (χ3v) is 5.12. The predicted molar refractivity (Wildman–Crippen MR) is 82.1 cm³/mol. The van der Waals surface area contributed by atoms with E-state index in [1.54, 1.807) is 0 Å². The fourth-order valence-electron chi connectivity index (χ4n) is 2.89. The molecule has 0 amide bonds. The van der Waals surface area contributed by atoms with Gasteiger partial charge in [0.15, 0.2) is 22.8 Å². The lowest BCUT2D eigenvalue weighted by molar-refractivity contribution is -0.0822. The summed E-state index contributed by atoms with van der Waals surface area (Å²) in [6.45, 7) is 1.76. The highest BCUT2D eigenvalue weighted by Gasteiger charge is 2.58. The van der Waals surface area contributed by atoms with Crippen LogP contribution in [0.15, 0.2) is 11.5 Å². The summed E-state index contributed by atoms with van der Waals surface area (Å²) in [6.07, 6.45) is 1.50. The lowest BCUT2D eigenvalue weighted by Gasteiger charge is -2.26. The van der Waals surface area contributed by atoms with Crippen molar-refractivity contribution < 1.29 is 15.3 Å². The maximum Gasteiger partial charge on any atom is 0.191 e. The molecule has 0 aromatic carbocycles. The molecule has 8 nitrogen and oxygen atoms in total. The molecule has 1 saturated carbocycles. The number of nitrogens with two attached hydrogens (primary N) is 1. The Hall–Kier alpha value is -1.42. The van der Waals surface area contributed by atoms with Gasteiger partial charge in [-0.1, -0.05) is 18.7 Å². The lowest BCUT2D eigenvalue weighted by atomic mass is 9.96. The first-order chi connectivity index (χ1) is 10.4. The van der Waals surface area contributed by atoms with Crippen LogP contribution in [-0.4, -0.2) is 53.8 Å². The molecule has 4 atom stereocenters. The molecule has 1 aliphatic carbocycles. The van der Waals surface area contributed by atoms with Crippen molar-refractivity contribution in [2.75, 3.05) is 18.6 Å². The van der Waals surface area contributed by atoms with E-state index in [0.717, 1.165) is 0 Å². The molecule has 0 saturated heterocycles. The first kappa shape index (κ1) is 15.5. The molecule has 3 rings (SSSR count). The van der Waals surface area contributed by atoms with E-state index < -0.39 is 17.7 Å². The zero-order valence-corrected chi connectivity index (χ0v) is 13.2. The van der Waals surface area contributed by atoms with Crippen LogP contribution in [0.4, 0.5) is 5.82 Å². The molecule has 0 aliphatic heterocycles. The molecule has 120 valence electrons. The second-order valence-electron chi connectivity index (χ2n) is 5.77. The first-order valence-electron chi connectivity index (χ1n) is 6.95. The molecule has 9 heteroatoms. The highest BCUT2D eigenvalue weighted by molar-refractivity contribution is 7.98. The Kier molecular flexibility index (Phi) is 3.76. The summed E-state index contributed by atoms with van der Waals surface area (Å²) in [6, 6.07) is 0. The van der Waals surface area contributed by atoms with E-state index in [1.165, 1.54) is 22.7 Å². The van der Waals surface area contributed by atoms with E-state index in [2.05, 4.69) is 15.0 Å². The lowest BCUT2D eigenvalue weighted by Crippen LogP contribution is -2.36. The van der Waals surface area contributed by atoms with Crippen molar-refractivity contribution in [1.82, 2.24) is 19.5 Å². The molecule has 0 spiro atoms. The van der Waals surface area contributed by atoms with Crippen molar-refractivity contribution in [2.45, 2.75) is 30.8 Å². The molecular weight excluding hydrogens is 306 g/mol. The van der Waals surface area contributed by atoms with Crippen LogP contribution < -0.4 is 5.73 Å². The first-order valence-corrected chi connectivity index (χ1v) is 8.18. The normalized spacial score (nSPS) is 27.0. The fourth-order valence-corrected chi connectivity index (χ4v) is 3.26. The largest absolute Gasteiger partial charge is 0.396 e. The zero-order valence-electron chi connectivity index (χ0n) is 12.3. The van der Waals surface area contributed by atoms with Crippen LogP contribution in [0.25, 0.3) is 11.2 Å². The van der Waals surface area contributed by atoms with Crippen LogP contribution in [0.1, 0.15) is 19.6 Å². The minimum atomic E-state index is -1.26. The van der Waals surface area contributed by atoms with Crippen LogP contribution in [0.5, 0.6) is 0 Å². The topological polar surface area (TPSA) is 130 Å². The summed E-state index contributed by atoms with van der Waals surface area (Å²) < 4.78 is 1.38. The maximum absolute atomic E-state index is 10.5. The molecule has 1 fully saturated rings. The number of aliphatic hydroxyl groups is 3. The van der Waals surface area contributed by atoms with E-state index in [0.29, 0.717) is 22.7 Å². The minimum Gasteiger partial charge on any atom is -0.396 e. The van der Waals surface area contributed by atoms with E-state index in [-0.39, 0.29) is 18.3 Å². The van der Waals surface area contributed by atoms with Crippen molar-refractivity contribution in [2.24, 2.45) is 11.3 Å². The van der Waals surface area contributed by atoms with Gasteiger partial charge in [0, 0.05) is 5.41 Å². The number of fused-ring (bicyclic) bond motifs is 1. The third-order valence-electron chi connectivity index (χ3n) is 4.57. The van der Waals surface area contributed by atoms with Gasteiger partial charge in [-0.2, -0.15) is 0 Å². The monoisotopic (exact) mass is 325 g/mol. The highest BCUT2D eigenvalue weighted by Crippen LogP contribution is 2.56. The number of aromatic nitrogens is 4. The number of aliphatic hydroxyl groups excluding tert-OH is 3.